The Kier molecular flexibility index (Phi) is 4.06. The average molecular weight is 323 g/mol. The molecule has 0 saturated carbocycles. The predicted octanol–water partition coefficient (Wildman–Crippen LogP) is 1.43. The van der Waals surface area contributed by atoms with E-state index in [1.54, 1.807) is 13.8 Å². The van der Waals surface area contributed by atoms with Crippen molar-refractivity contribution >= 4 is 33.4 Å². The van der Waals surface area contributed by atoms with E-state index in [0.29, 0.717) is 5.69 Å². The Morgan fingerprint density at radius 3 is 2.14 bits per heavy atom. The molecule has 0 spiro atoms. The third-order valence-corrected chi connectivity index (χ3v) is 5.02. The summed E-state index contributed by atoms with van der Waals surface area (Å²) in [5.41, 5.74) is 2.90. The monoisotopic (exact) mass is 323 g/mol. The first kappa shape index (κ1) is 16.2. The van der Waals surface area contributed by atoms with Crippen molar-refractivity contribution in [3.05, 3.63) is 28.8 Å². The Bertz CT molecular complexity index is 773. The van der Waals surface area contributed by atoms with Crippen LogP contribution in [0.15, 0.2) is 17.1 Å². The normalized spacial score (nSPS) is 18.7. The molecule has 0 radical (unpaired) electrons. The molecule has 1 aliphatic rings. The topological polar surface area (TPSA) is 105 Å². The van der Waals surface area contributed by atoms with Crippen LogP contribution in [0.3, 0.4) is 0 Å². The molecule has 0 fully saturated rings. The molecule has 1 aromatic carbocycles. The van der Waals surface area contributed by atoms with Crippen molar-refractivity contribution in [3.8, 4) is 0 Å². The molecular formula is C14H17N3O4S. The highest BCUT2D eigenvalue weighted by molar-refractivity contribution is 7.94. The molecule has 0 aromatic heterocycles. The van der Waals surface area contributed by atoms with E-state index < -0.39 is 27.2 Å². The molecule has 3 amide bonds. The minimum atomic E-state index is -4.06. The summed E-state index contributed by atoms with van der Waals surface area (Å²) in [4.78, 5) is 26.5. The maximum Gasteiger partial charge on any atom is 0.347 e. The largest absolute Gasteiger partial charge is 0.347 e. The van der Waals surface area contributed by atoms with Gasteiger partial charge in [0.05, 0.1) is 11.4 Å². The number of rotatable bonds is 3. The molecule has 0 bridgehead atoms. The molecular weight excluding hydrogens is 306 g/mol. The van der Waals surface area contributed by atoms with E-state index in [1.165, 1.54) is 6.92 Å². The van der Waals surface area contributed by atoms with Crippen LogP contribution in [-0.2, 0) is 14.8 Å². The predicted molar refractivity (Wildman–Crippen MR) is 83.6 cm³/mol. The Labute approximate surface area is 128 Å². The van der Waals surface area contributed by atoms with Gasteiger partial charge in [0.25, 0.3) is 5.91 Å². The summed E-state index contributed by atoms with van der Waals surface area (Å²) in [5, 5.41) is 0.383. The fourth-order valence-corrected chi connectivity index (χ4v) is 4.08. The molecule has 1 atom stereocenters. The van der Waals surface area contributed by atoms with E-state index in [9.17, 15) is 18.0 Å². The third kappa shape index (κ3) is 3.01. The summed E-state index contributed by atoms with van der Waals surface area (Å²) in [6.07, 6.45) is 0. The van der Waals surface area contributed by atoms with Gasteiger partial charge in [-0.3, -0.25) is 14.8 Å². The van der Waals surface area contributed by atoms with Crippen molar-refractivity contribution in [2.45, 2.75) is 32.9 Å². The van der Waals surface area contributed by atoms with E-state index >= 15 is 0 Å². The van der Waals surface area contributed by atoms with Crippen LogP contribution in [0.5, 0.6) is 0 Å². The van der Waals surface area contributed by atoms with E-state index in [4.69, 9.17) is 0 Å². The Morgan fingerprint density at radius 2 is 1.64 bits per heavy atom. The lowest BCUT2D eigenvalue weighted by Crippen LogP contribution is -2.51. The van der Waals surface area contributed by atoms with Crippen molar-refractivity contribution in [3.63, 3.8) is 0 Å². The number of nitrogens with one attached hydrogen (secondary N) is 2. The van der Waals surface area contributed by atoms with Gasteiger partial charge in [-0.05, 0) is 38.8 Å². The molecule has 1 aromatic rings. The molecule has 1 aliphatic heterocycles. The highest BCUT2D eigenvalue weighted by Gasteiger charge is 2.39. The molecule has 2 N–H and O–H groups in total. The van der Waals surface area contributed by atoms with Crippen molar-refractivity contribution in [2.75, 3.05) is 4.72 Å². The molecule has 2 rings (SSSR count). The number of imide groups is 1. The Morgan fingerprint density at radius 1 is 1.09 bits per heavy atom. The van der Waals surface area contributed by atoms with Crippen molar-refractivity contribution < 1.29 is 18.0 Å². The number of hydrogen-bond donors (Lipinski definition) is 2. The lowest BCUT2D eigenvalue weighted by atomic mass is 10.1. The summed E-state index contributed by atoms with van der Waals surface area (Å²) in [5.74, 6) is -0.896. The highest BCUT2D eigenvalue weighted by Crippen LogP contribution is 2.24. The lowest BCUT2D eigenvalue weighted by Gasteiger charge is -2.22. The summed E-state index contributed by atoms with van der Waals surface area (Å²) in [7, 11) is -4.06. The number of amides is 3. The minimum absolute atomic E-state index is 0.0522. The second-order valence-electron chi connectivity index (χ2n) is 5.35. The first-order valence-corrected chi connectivity index (χ1v) is 8.16. The molecule has 1 unspecified atom stereocenters. The van der Waals surface area contributed by atoms with Crippen LogP contribution in [0.2, 0.25) is 0 Å². The summed E-state index contributed by atoms with van der Waals surface area (Å²) >= 11 is 0. The number of urea groups is 1. The molecule has 0 saturated heterocycles. The third-order valence-electron chi connectivity index (χ3n) is 3.36. The van der Waals surface area contributed by atoms with Crippen LogP contribution in [0.25, 0.3) is 0 Å². The minimum Gasteiger partial charge on any atom is -0.282 e. The molecule has 7 nitrogen and oxygen atoms in total. The molecule has 0 aliphatic carbocycles. The number of sulfonamides is 1. The molecule has 22 heavy (non-hydrogen) atoms. The van der Waals surface area contributed by atoms with Gasteiger partial charge in [0.1, 0.15) is 0 Å². The van der Waals surface area contributed by atoms with E-state index in [2.05, 4.69) is 9.71 Å². The zero-order chi connectivity index (χ0) is 16.7. The Balaban J connectivity index is 2.43. The molecule has 1 heterocycles. The van der Waals surface area contributed by atoms with Gasteiger partial charge in [0.2, 0.25) is 10.0 Å². The lowest BCUT2D eigenvalue weighted by molar-refractivity contribution is -0.118. The van der Waals surface area contributed by atoms with E-state index in [0.717, 1.165) is 16.7 Å². The van der Waals surface area contributed by atoms with Gasteiger partial charge >= 0.3 is 6.03 Å². The number of carbonyl (C=O) groups excluding carboxylic acids is 2. The van der Waals surface area contributed by atoms with Gasteiger partial charge in [0.15, 0.2) is 5.25 Å². The number of benzene rings is 1. The summed E-state index contributed by atoms with van der Waals surface area (Å²) < 4.78 is 27.5. The first-order valence-electron chi connectivity index (χ1n) is 6.61. The van der Waals surface area contributed by atoms with Gasteiger partial charge in [-0.15, -0.1) is 0 Å². The van der Waals surface area contributed by atoms with Crippen molar-refractivity contribution in [2.24, 2.45) is 4.99 Å². The number of anilines is 1. The fourth-order valence-electron chi connectivity index (χ4n) is 2.52. The number of nitrogens with zero attached hydrogens (tertiary/aromatic N) is 1. The highest BCUT2D eigenvalue weighted by atomic mass is 32.2. The zero-order valence-electron chi connectivity index (χ0n) is 12.7. The standard InChI is InChI=1S/C14H17N3O4S/c1-7-5-8(2)11(9(3)6-7)17-22(20,21)12-10(4)15-14(19)16-13(12)18/h5-6,12,17H,1-4H3,(H,16,18,19). The van der Waals surface area contributed by atoms with Crippen LogP contribution in [0.4, 0.5) is 10.5 Å². The van der Waals surface area contributed by atoms with Crippen LogP contribution >= 0.6 is 0 Å². The summed E-state index contributed by atoms with van der Waals surface area (Å²) in [6.45, 7) is 6.82. The molecule has 118 valence electrons. The van der Waals surface area contributed by atoms with Crippen molar-refractivity contribution in [1.29, 1.82) is 0 Å². The fraction of sp³-hybridized carbons (Fsp3) is 0.357. The van der Waals surface area contributed by atoms with E-state index in [1.807, 2.05) is 24.4 Å². The van der Waals surface area contributed by atoms with E-state index in [-0.39, 0.29) is 5.71 Å². The van der Waals surface area contributed by atoms with Crippen LogP contribution in [0.1, 0.15) is 23.6 Å². The molecule has 8 heteroatoms. The number of aliphatic imine (C=N–C) groups is 1. The maximum absolute atomic E-state index is 12.5. The average Bonchev–Trinajstić information content (AvgIpc) is 2.31. The number of aryl methyl sites for hydroxylation is 3. The van der Waals surface area contributed by atoms with Crippen LogP contribution in [0, 0.1) is 20.8 Å². The number of carbonyl (C=O) groups is 2. The first-order chi connectivity index (χ1) is 10.1. The van der Waals surface area contributed by atoms with Gasteiger partial charge in [-0.1, -0.05) is 17.7 Å². The maximum atomic E-state index is 12.5. The van der Waals surface area contributed by atoms with Gasteiger partial charge in [0, 0.05) is 0 Å². The second-order valence-corrected chi connectivity index (χ2v) is 7.11. The van der Waals surface area contributed by atoms with Crippen molar-refractivity contribution in [1.82, 2.24) is 5.32 Å². The zero-order valence-corrected chi connectivity index (χ0v) is 13.5. The van der Waals surface area contributed by atoms with Gasteiger partial charge < -0.3 is 0 Å². The summed E-state index contributed by atoms with van der Waals surface area (Å²) in [6, 6.07) is 2.84. The van der Waals surface area contributed by atoms with Crippen LogP contribution in [-0.4, -0.2) is 31.3 Å². The van der Waals surface area contributed by atoms with Crippen LogP contribution < -0.4 is 10.0 Å². The SMILES string of the molecule is CC1=NC(=O)NC(=O)C1S(=O)(=O)Nc1c(C)cc(C)cc1C. The van der Waals surface area contributed by atoms with Gasteiger partial charge in [-0.25, -0.2) is 18.2 Å². The Hall–Kier alpha value is -2.22. The van der Waals surface area contributed by atoms with Gasteiger partial charge in [-0.2, -0.15) is 0 Å². The number of hydrogen-bond acceptors (Lipinski definition) is 4. The smallest absolute Gasteiger partial charge is 0.282 e. The second kappa shape index (κ2) is 5.53. The quantitative estimate of drug-likeness (QED) is 0.878.